The third kappa shape index (κ3) is 3.65. The highest BCUT2D eigenvalue weighted by Crippen LogP contribution is 2.34. The Morgan fingerprint density at radius 3 is 2.89 bits per heavy atom. The van der Waals surface area contributed by atoms with Crippen LogP contribution in [0, 0.1) is 11.2 Å². The predicted octanol–water partition coefficient (Wildman–Crippen LogP) is 3.53. The van der Waals surface area contributed by atoms with Gasteiger partial charge < -0.3 is 15.1 Å². The smallest absolute Gasteiger partial charge is 0.292 e. The first-order valence-electron chi connectivity index (χ1n) is 11.6. The van der Waals surface area contributed by atoms with Gasteiger partial charge in [0, 0.05) is 25.6 Å². The van der Waals surface area contributed by atoms with Crippen LogP contribution in [0.1, 0.15) is 16.7 Å². The van der Waals surface area contributed by atoms with Gasteiger partial charge in [-0.1, -0.05) is 30.1 Å². The summed E-state index contributed by atoms with van der Waals surface area (Å²) in [5, 5.41) is 15.2. The number of benzene rings is 2. The highest BCUT2D eigenvalue weighted by atomic mass is 16.4. The zero-order valence-electron chi connectivity index (χ0n) is 19.6. The maximum Gasteiger partial charge on any atom is 0.292 e. The molecule has 0 bridgehead atoms. The van der Waals surface area contributed by atoms with Gasteiger partial charge in [-0.25, -0.2) is 19.9 Å². The van der Waals surface area contributed by atoms with E-state index in [2.05, 4.69) is 39.1 Å². The second-order valence-corrected chi connectivity index (χ2v) is 9.20. The fraction of sp³-hybridized carbons (Fsp3) is 0.240. The summed E-state index contributed by atoms with van der Waals surface area (Å²) in [5.74, 6) is 3.21. The molecule has 1 aliphatic heterocycles. The molecule has 0 atom stereocenters. The number of nitriles is 1. The lowest BCUT2D eigenvalue weighted by molar-refractivity contribution is 0.626. The van der Waals surface area contributed by atoms with E-state index < -0.39 is 0 Å². The maximum atomic E-state index is 9.29. The maximum absolute atomic E-state index is 9.29. The van der Waals surface area contributed by atoms with Gasteiger partial charge in [0.25, 0.3) is 12.7 Å². The number of aryl methyl sites for hydroxylation is 1. The summed E-state index contributed by atoms with van der Waals surface area (Å²) in [5.41, 5.74) is 13.2. The highest BCUT2D eigenvalue weighted by molar-refractivity contribution is 6.66. The molecule has 2 N–H and O–H groups in total. The van der Waals surface area contributed by atoms with Gasteiger partial charge in [0.05, 0.1) is 11.9 Å². The molecular weight excluding hydrogens is 439 g/mol. The number of fused-ring (bicyclic) bond motifs is 3. The molecule has 0 radical (unpaired) electrons. The van der Waals surface area contributed by atoms with Crippen molar-refractivity contribution < 1.29 is 4.42 Å². The van der Waals surface area contributed by atoms with Crippen molar-refractivity contribution in [2.75, 3.05) is 24.7 Å². The fourth-order valence-corrected chi connectivity index (χ4v) is 4.93. The minimum absolute atomic E-state index is 0.115. The molecule has 2 aromatic carbocycles. The van der Waals surface area contributed by atoms with Crippen LogP contribution in [0.15, 0.2) is 47.1 Å². The second kappa shape index (κ2) is 8.13. The minimum atomic E-state index is 0.115. The lowest BCUT2D eigenvalue weighted by Gasteiger charge is -2.18. The molecule has 0 unspecified atom stereocenters. The number of nitrogens with zero attached hydrogens (tertiary/aromatic N) is 7. The zero-order valence-corrected chi connectivity index (χ0v) is 19.6. The molecule has 0 saturated carbocycles. The Labute approximate surface area is 202 Å². The topological polar surface area (TPSA) is 123 Å². The van der Waals surface area contributed by atoms with Gasteiger partial charge in [-0.05, 0) is 42.1 Å². The number of nitrogen functional groups attached to an aromatic ring is 1. The molecule has 5 aromatic rings. The van der Waals surface area contributed by atoms with Crippen molar-refractivity contribution in [1.82, 2.24) is 24.7 Å². The van der Waals surface area contributed by atoms with E-state index in [0.29, 0.717) is 17.6 Å². The summed E-state index contributed by atoms with van der Waals surface area (Å²) < 4.78 is 7.38. The molecule has 9 nitrogen and oxygen atoms in total. The van der Waals surface area contributed by atoms with Crippen LogP contribution in [0.25, 0.3) is 33.4 Å². The predicted molar refractivity (Wildman–Crippen MR) is 136 cm³/mol. The molecule has 0 fully saturated rings. The van der Waals surface area contributed by atoms with Crippen molar-refractivity contribution >= 4 is 40.7 Å². The monoisotopic (exact) mass is 462 g/mol. The Balaban J connectivity index is 1.46. The summed E-state index contributed by atoms with van der Waals surface area (Å²) in [6.07, 6.45) is 4.25. The molecule has 1 aliphatic rings. The van der Waals surface area contributed by atoms with Crippen molar-refractivity contribution in [3.05, 3.63) is 59.4 Å². The summed E-state index contributed by atoms with van der Waals surface area (Å²) in [4.78, 5) is 15.4. The first-order valence-corrected chi connectivity index (χ1v) is 11.6. The standard InChI is InChI=1S/C25H23BN8O/c1-33(2)23-21-22(17-5-6-20-19(10-17)31-25(28)35-20)32-34(24(21)30-14-29-23)12-15-3-4-18-11-26(13-27)8-7-16(18)9-15/h3-6,9-10,14H,7-8,11-12H2,1-2H3,(H2,28,31). The number of aromatic nitrogens is 5. The van der Waals surface area contributed by atoms with Crippen molar-refractivity contribution in [1.29, 1.82) is 5.26 Å². The van der Waals surface area contributed by atoms with E-state index in [1.165, 1.54) is 11.1 Å². The van der Waals surface area contributed by atoms with Crippen molar-refractivity contribution in [2.24, 2.45) is 0 Å². The summed E-state index contributed by atoms with van der Waals surface area (Å²) in [6, 6.07) is 12.4. The van der Waals surface area contributed by atoms with E-state index in [-0.39, 0.29) is 12.7 Å². The Morgan fingerprint density at radius 1 is 1.17 bits per heavy atom. The normalized spacial score (nSPS) is 13.2. The molecule has 6 rings (SSSR count). The van der Waals surface area contributed by atoms with Crippen LogP contribution in [0.2, 0.25) is 6.32 Å². The number of nitrogens with two attached hydrogens (primary N) is 1. The van der Waals surface area contributed by atoms with Crippen LogP contribution in [0.5, 0.6) is 0 Å². The van der Waals surface area contributed by atoms with Crippen LogP contribution in [0.4, 0.5) is 11.8 Å². The first-order chi connectivity index (χ1) is 17.0. The lowest BCUT2D eigenvalue weighted by atomic mass is 9.42. The van der Waals surface area contributed by atoms with Crippen LogP contribution in [0.3, 0.4) is 0 Å². The molecular formula is C25H23BN8O. The number of oxazole rings is 1. The van der Waals surface area contributed by atoms with Gasteiger partial charge in [0.2, 0.25) is 0 Å². The highest BCUT2D eigenvalue weighted by Gasteiger charge is 2.23. The number of rotatable bonds is 4. The Morgan fingerprint density at radius 2 is 2.06 bits per heavy atom. The zero-order chi connectivity index (χ0) is 24.1. The number of hydrogen-bond donors (Lipinski definition) is 1. The van der Waals surface area contributed by atoms with E-state index in [4.69, 9.17) is 15.2 Å². The van der Waals surface area contributed by atoms with Gasteiger partial charge in [-0.3, -0.25) is 0 Å². The van der Waals surface area contributed by atoms with Crippen LogP contribution in [-0.4, -0.2) is 45.5 Å². The summed E-state index contributed by atoms with van der Waals surface area (Å²) in [7, 11) is 3.92. The minimum Gasteiger partial charge on any atom is -0.424 e. The van der Waals surface area contributed by atoms with Crippen molar-refractivity contribution in [3.63, 3.8) is 0 Å². The summed E-state index contributed by atoms with van der Waals surface area (Å²) in [6.45, 7) is 0.693. The molecule has 3 aromatic heterocycles. The van der Waals surface area contributed by atoms with Gasteiger partial charge in [0.1, 0.15) is 23.4 Å². The van der Waals surface area contributed by atoms with E-state index in [1.54, 1.807) is 6.33 Å². The Kier molecular flexibility index (Phi) is 4.92. The van der Waals surface area contributed by atoms with Crippen LogP contribution < -0.4 is 10.6 Å². The average Bonchev–Trinajstić information content (AvgIpc) is 3.42. The average molecular weight is 462 g/mol. The van der Waals surface area contributed by atoms with Crippen LogP contribution in [-0.2, 0) is 19.3 Å². The third-order valence-electron chi connectivity index (χ3n) is 6.62. The second-order valence-electron chi connectivity index (χ2n) is 9.20. The molecule has 0 amide bonds. The lowest BCUT2D eigenvalue weighted by Crippen LogP contribution is -2.22. The molecule has 0 aliphatic carbocycles. The van der Waals surface area contributed by atoms with Gasteiger partial charge in [-0.2, -0.15) is 10.1 Å². The fourth-order valence-electron chi connectivity index (χ4n) is 4.93. The van der Waals surface area contributed by atoms with Gasteiger partial charge in [-0.15, -0.1) is 0 Å². The van der Waals surface area contributed by atoms with Gasteiger partial charge in [0.15, 0.2) is 11.2 Å². The molecule has 10 heteroatoms. The molecule has 0 spiro atoms. The van der Waals surface area contributed by atoms with Crippen molar-refractivity contribution in [3.8, 4) is 17.2 Å². The first kappa shape index (κ1) is 21.2. The number of hydrogen-bond acceptors (Lipinski definition) is 8. The van der Waals surface area contributed by atoms with E-state index in [0.717, 1.165) is 52.7 Å². The molecule has 35 heavy (non-hydrogen) atoms. The SMILES string of the molecule is CN(C)c1ncnc2c1c(-c1ccc3oc(N)nc3c1)nn2Cc1ccc2c(c1)CCB(C#N)C2. The van der Waals surface area contributed by atoms with E-state index >= 15 is 0 Å². The quantitative estimate of drug-likeness (QED) is 0.403. The van der Waals surface area contributed by atoms with Gasteiger partial charge >= 0.3 is 0 Å². The largest absolute Gasteiger partial charge is 0.424 e. The van der Waals surface area contributed by atoms with Crippen LogP contribution >= 0.6 is 0 Å². The number of anilines is 2. The Bertz CT molecular complexity index is 1630. The third-order valence-corrected chi connectivity index (χ3v) is 6.62. The molecule has 172 valence electrons. The van der Waals surface area contributed by atoms with E-state index in [1.807, 2.05) is 41.9 Å². The molecule has 0 saturated heterocycles. The van der Waals surface area contributed by atoms with Crippen molar-refractivity contribution in [2.45, 2.75) is 25.6 Å². The summed E-state index contributed by atoms with van der Waals surface area (Å²) >= 11 is 0. The van der Waals surface area contributed by atoms with E-state index in [9.17, 15) is 5.26 Å². The molecule has 4 heterocycles. The Hall–Kier alpha value is -4.39.